The topological polar surface area (TPSA) is 67.8 Å². The number of thioether (sulfide) groups is 1. The zero-order chi connectivity index (χ0) is 20.6. The Balaban J connectivity index is 1.78. The van der Waals surface area contributed by atoms with Crippen LogP contribution in [-0.4, -0.2) is 32.1 Å². The van der Waals surface area contributed by atoms with Gasteiger partial charge >= 0.3 is 0 Å². The minimum Gasteiger partial charge on any atom is -0.355 e. The fourth-order valence-electron chi connectivity index (χ4n) is 2.86. The Hall–Kier alpha value is -1.45. The molecule has 0 saturated carbocycles. The number of hydrogen-bond donors (Lipinski definition) is 1. The lowest BCUT2D eigenvalue weighted by Crippen LogP contribution is -2.05. The monoisotopic (exact) mass is 471 g/mol. The molecule has 0 radical (unpaired) electrons. The maximum Gasteiger partial charge on any atom is 0.189 e. The molecule has 0 aliphatic carbocycles. The molecular weight excluding hydrogens is 457 g/mol. The van der Waals surface area contributed by atoms with E-state index in [1.165, 1.54) is 30.0 Å². The summed E-state index contributed by atoms with van der Waals surface area (Å²) in [7, 11) is 0. The number of ketones is 2. The summed E-state index contributed by atoms with van der Waals surface area (Å²) >= 11 is 20.0. The number of aryl methyl sites for hydroxylation is 1. The van der Waals surface area contributed by atoms with Gasteiger partial charge in [-0.1, -0.05) is 46.3 Å². The van der Waals surface area contributed by atoms with Gasteiger partial charge in [-0.05, 0) is 56.8 Å². The number of aromatic amines is 1. The molecule has 0 aliphatic rings. The number of aromatic nitrogens is 3. The highest BCUT2D eigenvalue weighted by atomic mass is 35.5. The first kappa shape index (κ1) is 21.3. The number of hydrogen-bond acceptors (Lipinski definition) is 6. The Morgan fingerprint density at radius 2 is 2.00 bits per heavy atom. The van der Waals surface area contributed by atoms with E-state index in [4.69, 9.17) is 35.4 Å². The van der Waals surface area contributed by atoms with Gasteiger partial charge in [0.25, 0.3) is 0 Å². The molecule has 3 aromatic rings. The van der Waals surface area contributed by atoms with Crippen LogP contribution in [0.3, 0.4) is 0 Å². The number of carbonyl (C=O) groups is 2. The summed E-state index contributed by atoms with van der Waals surface area (Å²) < 4.78 is 2.80. The number of carbonyl (C=O) groups excluding carboxylic acids is 2. The van der Waals surface area contributed by atoms with Crippen LogP contribution in [-0.2, 0) is 0 Å². The molecule has 28 heavy (non-hydrogen) atoms. The lowest BCUT2D eigenvalue weighted by atomic mass is 10.1. The molecule has 5 nitrogen and oxygen atoms in total. The highest BCUT2D eigenvalue weighted by Gasteiger charge is 2.20. The van der Waals surface area contributed by atoms with E-state index in [-0.39, 0.29) is 17.3 Å². The van der Waals surface area contributed by atoms with Crippen LogP contribution in [0, 0.1) is 17.8 Å². The average Bonchev–Trinajstić information content (AvgIpc) is 3.14. The average molecular weight is 472 g/mol. The fourth-order valence-corrected chi connectivity index (χ4v) is 5.38. The zero-order valence-corrected chi connectivity index (χ0v) is 19.1. The maximum absolute atomic E-state index is 12.6. The number of halogens is 2. The molecule has 10 heteroatoms. The predicted molar refractivity (Wildman–Crippen MR) is 118 cm³/mol. The largest absolute Gasteiger partial charge is 0.355 e. The van der Waals surface area contributed by atoms with E-state index in [1.54, 1.807) is 36.7 Å². The number of benzene rings is 1. The Morgan fingerprint density at radius 3 is 2.61 bits per heavy atom. The van der Waals surface area contributed by atoms with E-state index >= 15 is 0 Å². The van der Waals surface area contributed by atoms with Crippen LogP contribution >= 0.6 is 58.5 Å². The van der Waals surface area contributed by atoms with E-state index in [0.29, 0.717) is 46.5 Å². The van der Waals surface area contributed by atoms with E-state index in [9.17, 15) is 9.59 Å². The summed E-state index contributed by atoms with van der Waals surface area (Å²) in [6, 6.07) is 5.14. The summed E-state index contributed by atoms with van der Waals surface area (Å²) in [5.74, 6) is 0.0264. The van der Waals surface area contributed by atoms with E-state index in [0.717, 1.165) is 0 Å². The van der Waals surface area contributed by atoms with Gasteiger partial charge in [-0.3, -0.25) is 9.59 Å². The van der Waals surface area contributed by atoms with E-state index < -0.39 is 0 Å². The molecule has 0 saturated heterocycles. The Labute approximate surface area is 185 Å². The predicted octanol–water partition coefficient (Wildman–Crippen LogP) is 6.09. The first-order valence-electron chi connectivity index (χ1n) is 8.10. The van der Waals surface area contributed by atoms with Crippen LogP contribution in [0.5, 0.6) is 0 Å². The third-order valence-corrected chi connectivity index (χ3v) is 7.18. The number of rotatable bonds is 6. The normalized spacial score (nSPS) is 11.0. The summed E-state index contributed by atoms with van der Waals surface area (Å²) in [6.45, 7) is 5.06. The van der Waals surface area contributed by atoms with Crippen molar-refractivity contribution in [2.45, 2.75) is 25.1 Å². The van der Waals surface area contributed by atoms with Crippen molar-refractivity contribution in [2.75, 3.05) is 5.75 Å². The molecule has 0 atom stereocenters. The van der Waals surface area contributed by atoms with Crippen LogP contribution in [0.15, 0.2) is 22.5 Å². The first-order valence-corrected chi connectivity index (χ1v) is 11.1. The third-order valence-electron chi connectivity index (χ3n) is 4.07. The fraction of sp³-hybridized carbons (Fsp3) is 0.222. The van der Waals surface area contributed by atoms with Gasteiger partial charge in [0.05, 0.1) is 27.2 Å². The molecule has 2 aromatic heterocycles. The molecule has 1 aromatic carbocycles. The highest BCUT2D eigenvalue weighted by Crippen LogP contribution is 2.29. The van der Waals surface area contributed by atoms with E-state index in [1.807, 2.05) is 0 Å². The van der Waals surface area contributed by atoms with Crippen LogP contribution < -0.4 is 0 Å². The summed E-state index contributed by atoms with van der Waals surface area (Å²) in [4.78, 5) is 27.4. The number of Topliss-reactive ketones (excluding diaryl/α,β-unsaturated/α-hetero) is 2. The minimum absolute atomic E-state index is 0.0590. The van der Waals surface area contributed by atoms with Crippen molar-refractivity contribution in [2.24, 2.45) is 0 Å². The Kier molecular flexibility index (Phi) is 6.46. The summed E-state index contributed by atoms with van der Waals surface area (Å²) in [5, 5.41) is 5.33. The smallest absolute Gasteiger partial charge is 0.189 e. The Bertz CT molecular complexity index is 1150. The quantitative estimate of drug-likeness (QED) is 0.267. The van der Waals surface area contributed by atoms with Gasteiger partial charge in [-0.2, -0.15) is 0 Å². The van der Waals surface area contributed by atoms with Crippen LogP contribution in [0.2, 0.25) is 10.0 Å². The van der Waals surface area contributed by atoms with Crippen molar-refractivity contribution >= 4 is 70.1 Å². The van der Waals surface area contributed by atoms with Crippen LogP contribution in [0.1, 0.15) is 39.0 Å². The van der Waals surface area contributed by atoms with Crippen molar-refractivity contribution in [3.8, 4) is 5.69 Å². The molecule has 2 heterocycles. The third kappa shape index (κ3) is 4.26. The van der Waals surface area contributed by atoms with Gasteiger partial charge in [-0.25, -0.2) is 4.68 Å². The maximum atomic E-state index is 12.6. The standard InChI is InChI=1S/C18H15Cl2N3O2S3/c1-8-15(10(3)24)9(2)21-16(8)14(25)7-27-17-22-23(18(26)28-17)11-4-5-12(19)13(20)6-11/h4-6,21H,7H2,1-3H3. The SMILES string of the molecule is CC(=O)c1c(C)[nH]c(C(=O)CSc2nn(-c3ccc(Cl)c(Cl)c3)c(=S)s2)c1C. The molecule has 146 valence electrons. The van der Waals surface area contributed by atoms with Crippen molar-refractivity contribution in [3.05, 3.63) is 54.7 Å². The molecule has 0 unspecified atom stereocenters. The van der Waals surface area contributed by atoms with Gasteiger partial charge in [0.1, 0.15) is 0 Å². The van der Waals surface area contributed by atoms with Gasteiger partial charge < -0.3 is 4.98 Å². The van der Waals surface area contributed by atoms with Gasteiger partial charge in [0.2, 0.25) is 0 Å². The molecule has 3 rings (SSSR count). The van der Waals surface area contributed by atoms with Gasteiger partial charge in [-0.15, -0.1) is 5.10 Å². The number of H-pyrrole nitrogens is 1. The molecule has 0 aliphatic heterocycles. The van der Waals surface area contributed by atoms with Crippen LogP contribution in [0.25, 0.3) is 5.69 Å². The lowest BCUT2D eigenvalue weighted by molar-refractivity contribution is 0.101. The van der Waals surface area contributed by atoms with Crippen molar-refractivity contribution in [1.82, 2.24) is 14.8 Å². The van der Waals surface area contributed by atoms with Crippen molar-refractivity contribution in [1.29, 1.82) is 0 Å². The Morgan fingerprint density at radius 1 is 1.29 bits per heavy atom. The number of nitrogens with one attached hydrogen (secondary N) is 1. The minimum atomic E-state index is -0.0969. The highest BCUT2D eigenvalue weighted by molar-refractivity contribution is 8.01. The van der Waals surface area contributed by atoms with Crippen molar-refractivity contribution in [3.63, 3.8) is 0 Å². The zero-order valence-electron chi connectivity index (χ0n) is 15.1. The van der Waals surface area contributed by atoms with Gasteiger partial charge in [0.15, 0.2) is 19.9 Å². The molecule has 0 fully saturated rings. The van der Waals surface area contributed by atoms with Crippen molar-refractivity contribution < 1.29 is 9.59 Å². The second kappa shape index (κ2) is 8.51. The summed E-state index contributed by atoms with van der Waals surface area (Å²) in [6.07, 6.45) is 0. The number of nitrogens with zero attached hydrogens (tertiary/aromatic N) is 2. The van der Waals surface area contributed by atoms with E-state index in [2.05, 4.69) is 10.1 Å². The second-order valence-electron chi connectivity index (χ2n) is 6.04. The summed E-state index contributed by atoms with van der Waals surface area (Å²) in [5.41, 5.74) is 3.13. The van der Waals surface area contributed by atoms with Crippen LogP contribution in [0.4, 0.5) is 0 Å². The first-order chi connectivity index (χ1) is 13.2. The molecule has 0 amide bonds. The second-order valence-corrected chi connectivity index (χ2v) is 9.70. The molecule has 1 N–H and O–H groups in total. The molecule has 0 spiro atoms. The molecular formula is C18H15Cl2N3O2S3. The lowest BCUT2D eigenvalue weighted by Gasteiger charge is -2.02. The molecule has 0 bridgehead atoms. The van der Waals surface area contributed by atoms with Gasteiger partial charge in [0, 0.05) is 11.3 Å².